The standard InChI is InChI=1S/C11H13ClO2/c1-2-3-8-14-11(13)9-6-4-5-7-10(9)12/h4-7H,2-3,8H2,1H3. The average Bonchev–Trinajstić information content (AvgIpc) is 2.18. The normalized spacial score (nSPS) is 9.86. The van der Waals surface area contributed by atoms with Gasteiger partial charge >= 0.3 is 5.97 Å². The number of hydrogen-bond acceptors (Lipinski definition) is 2. The van der Waals surface area contributed by atoms with E-state index in [2.05, 4.69) is 0 Å². The maximum absolute atomic E-state index is 11.4. The fraction of sp³-hybridized carbons (Fsp3) is 0.364. The molecule has 1 rings (SSSR count). The summed E-state index contributed by atoms with van der Waals surface area (Å²) < 4.78 is 5.03. The van der Waals surface area contributed by atoms with E-state index in [1.165, 1.54) is 0 Å². The first kappa shape index (κ1) is 11.1. The lowest BCUT2D eigenvalue weighted by Gasteiger charge is -2.04. The number of ether oxygens (including phenoxy) is 1. The van der Waals surface area contributed by atoms with Gasteiger partial charge in [0.2, 0.25) is 0 Å². The second-order valence-corrected chi connectivity index (χ2v) is 3.38. The molecular formula is C11H13ClO2. The molecule has 0 aromatic heterocycles. The fourth-order valence-electron chi connectivity index (χ4n) is 1.01. The van der Waals surface area contributed by atoms with Gasteiger partial charge in [-0.1, -0.05) is 37.1 Å². The molecule has 0 N–H and O–H groups in total. The minimum atomic E-state index is -0.343. The Labute approximate surface area is 88.8 Å². The molecule has 14 heavy (non-hydrogen) atoms. The first-order valence-electron chi connectivity index (χ1n) is 4.67. The van der Waals surface area contributed by atoms with Gasteiger partial charge in [0.05, 0.1) is 17.2 Å². The van der Waals surface area contributed by atoms with Crippen LogP contribution in [0.4, 0.5) is 0 Å². The van der Waals surface area contributed by atoms with Gasteiger partial charge in [0.1, 0.15) is 0 Å². The molecule has 76 valence electrons. The van der Waals surface area contributed by atoms with Crippen LogP contribution in [0.1, 0.15) is 30.1 Å². The zero-order valence-electron chi connectivity index (χ0n) is 8.13. The Morgan fingerprint density at radius 3 is 2.79 bits per heavy atom. The van der Waals surface area contributed by atoms with Crippen LogP contribution in [0.5, 0.6) is 0 Å². The number of hydrogen-bond donors (Lipinski definition) is 0. The SMILES string of the molecule is CCCCOC(=O)c1ccccc1Cl. The topological polar surface area (TPSA) is 26.3 Å². The van der Waals surface area contributed by atoms with Gasteiger partial charge in [0.15, 0.2) is 0 Å². The number of benzene rings is 1. The zero-order chi connectivity index (χ0) is 10.4. The maximum Gasteiger partial charge on any atom is 0.339 e. The summed E-state index contributed by atoms with van der Waals surface area (Å²) in [6.45, 7) is 2.50. The van der Waals surface area contributed by atoms with Crippen LogP contribution < -0.4 is 0 Å². The number of carbonyl (C=O) groups excluding carboxylic acids is 1. The molecular weight excluding hydrogens is 200 g/mol. The smallest absolute Gasteiger partial charge is 0.339 e. The van der Waals surface area contributed by atoms with Gasteiger partial charge in [-0.25, -0.2) is 4.79 Å². The average molecular weight is 213 g/mol. The maximum atomic E-state index is 11.4. The lowest BCUT2D eigenvalue weighted by Crippen LogP contribution is -2.06. The van der Waals surface area contributed by atoms with E-state index in [0.29, 0.717) is 17.2 Å². The molecule has 0 spiro atoms. The van der Waals surface area contributed by atoms with Gasteiger partial charge in [-0.15, -0.1) is 0 Å². The largest absolute Gasteiger partial charge is 0.462 e. The molecule has 0 aliphatic rings. The second kappa shape index (κ2) is 5.66. The molecule has 0 radical (unpaired) electrons. The van der Waals surface area contributed by atoms with Gasteiger partial charge in [-0.05, 0) is 18.6 Å². The van der Waals surface area contributed by atoms with Crippen LogP contribution in [0.15, 0.2) is 24.3 Å². The van der Waals surface area contributed by atoms with Crippen molar-refractivity contribution >= 4 is 17.6 Å². The summed E-state index contributed by atoms with van der Waals surface area (Å²) in [4.78, 5) is 11.4. The molecule has 0 atom stereocenters. The molecule has 0 saturated carbocycles. The number of unbranched alkanes of at least 4 members (excludes halogenated alkanes) is 1. The number of esters is 1. The molecule has 0 aliphatic heterocycles. The van der Waals surface area contributed by atoms with Crippen molar-refractivity contribution in [2.24, 2.45) is 0 Å². The third-order valence-corrected chi connectivity index (χ3v) is 2.15. The third-order valence-electron chi connectivity index (χ3n) is 1.82. The quantitative estimate of drug-likeness (QED) is 0.566. The second-order valence-electron chi connectivity index (χ2n) is 2.97. The van der Waals surface area contributed by atoms with Crippen LogP contribution in [0.2, 0.25) is 5.02 Å². The van der Waals surface area contributed by atoms with Crippen LogP contribution in [-0.2, 0) is 4.74 Å². The van der Waals surface area contributed by atoms with Gasteiger partial charge in [-0.2, -0.15) is 0 Å². The van der Waals surface area contributed by atoms with Gasteiger partial charge in [-0.3, -0.25) is 0 Å². The van der Waals surface area contributed by atoms with Crippen molar-refractivity contribution in [2.75, 3.05) is 6.61 Å². The number of halogens is 1. The van der Waals surface area contributed by atoms with E-state index in [4.69, 9.17) is 16.3 Å². The molecule has 0 aliphatic carbocycles. The van der Waals surface area contributed by atoms with E-state index in [0.717, 1.165) is 12.8 Å². The summed E-state index contributed by atoms with van der Waals surface area (Å²) in [5.41, 5.74) is 0.435. The Bertz CT molecular complexity index is 310. The Morgan fingerprint density at radius 2 is 2.14 bits per heavy atom. The van der Waals surface area contributed by atoms with E-state index in [1.807, 2.05) is 6.92 Å². The third kappa shape index (κ3) is 3.04. The van der Waals surface area contributed by atoms with E-state index in [-0.39, 0.29) is 5.97 Å². The minimum absolute atomic E-state index is 0.343. The highest BCUT2D eigenvalue weighted by atomic mass is 35.5. The van der Waals surface area contributed by atoms with Crippen LogP contribution in [-0.4, -0.2) is 12.6 Å². The van der Waals surface area contributed by atoms with Crippen molar-refractivity contribution in [3.05, 3.63) is 34.9 Å². The first-order valence-corrected chi connectivity index (χ1v) is 5.05. The summed E-state index contributed by atoms with van der Waals surface area (Å²) in [7, 11) is 0. The number of carbonyl (C=O) groups is 1. The van der Waals surface area contributed by atoms with E-state index in [9.17, 15) is 4.79 Å². The predicted molar refractivity (Wildman–Crippen MR) is 56.6 cm³/mol. The van der Waals surface area contributed by atoms with Crippen molar-refractivity contribution in [1.29, 1.82) is 0 Å². The summed E-state index contributed by atoms with van der Waals surface area (Å²) in [6.07, 6.45) is 1.89. The highest BCUT2D eigenvalue weighted by molar-refractivity contribution is 6.33. The fourth-order valence-corrected chi connectivity index (χ4v) is 1.23. The van der Waals surface area contributed by atoms with E-state index < -0.39 is 0 Å². The zero-order valence-corrected chi connectivity index (χ0v) is 8.88. The summed E-state index contributed by atoms with van der Waals surface area (Å²) in [5, 5.41) is 0.439. The first-order chi connectivity index (χ1) is 6.75. The van der Waals surface area contributed by atoms with Crippen molar-refractivity contribution in [2.45, 2.75) is 19.8 Å². The molecule has 0 unspecified atom stereocenters. The molecule has 0 fully saturated rings. The summed E-state index contributed by atoms with van der Waals surface area (Å²) in [5.74, 6) is -0.343. The molecule has 2 nitrogen and oxygen atoms in total. The molecule has 1 aromatic rings. The van der Waals surface area contributed by atoms with Crippen LogP contribution in [0.25, 0.3) is 0 Å². The highest BCUT2D eigenvalue weighted by Crippen LogP contribution is 2.15. The van der Waals surface area contributed by atoms with Crippen molar-refractivity contribution in [3.63, 3.8) is 0 Å². The highest BCUT2D eigenvalue weighted by Gasteiger charge is 2.09. The molecule has 0 heterocycles. The summed E-state index contributed by atoms with van der Waals surface area (Å²) >= 11 is 5.83. The molecule has 0 saturated heterocycles. The van der Waals surface area contributed by atoms with E-state index >= 15 is 0 Å². The van der Waals surface area contributed by atoms with Crippen molar-refractivity contribution in [1.82, 2.24) is 0 Å². The summed E-state index contributed by atoms with van der Waals surface area (Å²) in [6, 6.07) is 6.89. The van der Waals surface area contributed by atoms with Crippen LogP contribution >= 0.6 is 11.6 Å². The van der Waals surface area contributed by atoms with Crippen LogP contribution in [0.3, 0.4) is 0 Å². The van der Waals surface area contributed by atoms with Gasteiger partial charge in [0, 0.05) is 0 Å². The Balaban J connectivity index is 2.56. The molecule has 0 amide bonds. The lowest BCUT2D eigenvalue weighted by atomic mass is 10.2. The molecule has 0 bridgehead atoms. The van der Waals surface area contributed by atoms with Gasteiger partial charge in [0.25, 0.3) is 0 Å². The lowest BCUT2D eigenvalue weighted by molar-refractivity contribution is 0.0500. The Hall–Kier alpha value is -1.02. The van der Waals surface area contributed by atoms with Crippen molar-refractivity contribution < 1.29 is 9.53 Å². The predicted octanol–water partition coefficient (Wildman–Crippen LogP) is 3.30. The number of rotatable bonds is 4. The Kier molecular flexibility index (Phi) is 4.47. The van der Waals surface area contributed by atoms with Gasteiger partial charge < -0.3 is 4.74 Å². The van der Waals surface area contributed by atoms with Crippen molar-refractivity contribution in [3.8, 4) is 0 Å². The molecule has 3 heteroatoms. The monoisotopic (exact) mass is 212 g/mol. The van der Waals surface area contributed by atoms with E-state index in [1.54, 1.807) is 24.3 Å². The molecule has 1 aromatic carbocycles. The Morgan fingerprint density at radius 1 is 1.43 bits per heavy atom. The minimum Gasteiger partial charge on any atom is -0.462 e. The van der Waals surface area contributed by atoms with Crippen LogP contribution in [0, 0.1) is 0 Å².